The molecule has 0 N–H and O–H groups in total. The topological polar surface area (TPSA) is 56.3 Å². The Morgan fingerprint density at radius 2 is 2.00 bits per heavy atom. The molecular formula is C12H10ClNO3. The molecule has 2 rings (SSSR count). The summed E-state index contributed by atoms with van der Waals surface area (Å²) in [5.41, 5.74) is -0.514. The normalized spacial score (nSPS) is 11.1. The second-order valence-corrected chi connectivity index (χ2v) is 4.23. The predicted molar refractivity (Wildman–Crippen MR) is 65.4 cm³/mol. The van der Waals surface area contributed by atoms with Crippen molar-refractivity contribution in [3.05, 3.63) is 43.9 Å². The minimum Gasteiger partial charge on any atom is -0.486 e. The fourth-order valence-electron chi connectivity index (χ4n) is 1.54. The van der Waals surface area contributed by atoms with Crippen molar-refractivity contribution in [2.75, 3.05) is 0 Å². The number of hydrogen-bond acceptors (Lipinski definition) is 4. The molecule has 0 fully saturated rings. The molecule has 0 spiro atoms. The molecule has 1 aromatic heterocycles. The Hall–Kier alpha value is -1.68. The molecule has 2 aromatic rings. The van der Waals surface area contributed by atoms with Gasteiger partial charge < -0.3 is 4.74 Å². The lowest BCUT2D eigenvalue weighted by atomic mass is 10.0. The van der Waals surface area contributed by atoms with Crippen LogP contribution in [0.4, 0.5) is 0 Å². The smallest absolute Gasteiger partial charge is 0.268 e. The second kappa shape index (κ2) is 4.30. The maximum absolute atomic E-state index is 11.5. The first-order chi connectivity index (χ1) is 8.02. The average molecular weight is 252 g/mol. The van der Waals surface area contributed by atoms with Gasteiger partial charge in [0.05, 0.1) is 11.7 Å². The molecule has 0 unspecified atom stereocenters. The fourth-order valence-corrected chi connectivity index (χ4v) is 1.75. The number of nitrogens with zero attached hydrogens (tertiary/aromatic N) is 1. The summed E-state index contributed by atoms with van der Waals surface area (Å²) in [5, 5.41) is 0.188. The largest absolute Gasteiger partial charge is 0.486 e. The van der Waals surface area contributed by atoms with E-state index in [1.165, 1.54) is 6.20 Å². The van der Waals surface area contributed by atoms with Crippen molar-refractivity contribution >= 4 is 11.6 Å². The van der Waals surface area contributed by atoms with E-state index in [9.17, 15) is 9.59 Å². The maximum Gasteiger partial charge on any atom is 0.268 e. The zero-order valence-corrected chi connectivity index (χ0v) is 10.1. The van der Waals surface area contributed by atoms with Gasteiger partial charge in [-0.25, -0.2) is 4.98 Å². The van der Waals surface area contributed by atoms with Gasteiger partial charge in [0.2, 0.25) is 5.43 Å². The van der Waals surface area contributed by atoms with Crippen LogP contribution in [0.1, 0.15) is 13.8 Å². The van der Waals surface area contributed by atoms with Gasteiger partial charge in [-0.3, -0.25) is 9.59 Å². The lowest BCUT2D eigenvalue weighted by Crippen LogP contribution is -2.35. The summed E-state index contributed by atoms with van der Waals surface area (Å²) < 4.78 is 5.31. The SMILES string of the molecule is CC(C)Oc1c(-c2cccnc2Cl)c(=O)c1=O. The Morgan fingerprint density at radius 3 is 2.59 bits per heavy atom. The molecule has 1 aromatic carbocycles. The molecule has 0 saturated carbocycles. The van der Waals surface area contributed by atoms with E-state index < -0.39 is 10.9 Å². The summed E-state index contributed by atoms with van der Waals surface area (Å²) in [6, 6.07) is 3.29. The van der Waals surface area contributed by atoms with Crippen LogP contribution in [0.15, 0.2) is 27.9 Å². The molecule has 4 nitrogen and oxygen atoms in total. The number of halogens is 1. The Labute approximate surface area is 103 Å². The van der Waals surface area contributed by atoms with Gasteiger partial charge in [0.1, 0.15) is 5.15 Å². The van der Waals surface area contributed by atoms with Crippen molar-refractivity contribution < 1.29 is 4.74 Å². The maximum atomic E-state index is 11.5. The quantitative estimate of drug-likeness (QED) is 0.616. The van der Waals surface area contributed by atoms with E-state index >= 15 is 0 Å². The average Bonchev–Trinajstić information content (AvgIpc) is 2.30. The molecule has 17 heavy (non-hydrogen) atoms. The van der Waals surface area contributed by atoms with Crippen LogP contribution >= 0.6 is 11.6 Å². The molecule has 0 aliphatic heterocycles. The number of ether oxygens (including phenoxy) is 1. The molecule has 0 aliphatic rings. The van der Waals surface area contributed by atoms with Gasteiger partial charge in [-0.1, -0.05) is 11.6 Å². The van der Waals surface area contributed by atoms with Crippen molar-refractivity contribution in [1.29, 1.82) is 0 Å². The van der Waals surface area contributed by atoms with Crippen LogP contribution in [0.25, 0.3) is 11.1 Å². The van der Waals surface area contributed by atoms with Crippen LogP contribution in [-0.4, -0.2) is 11.1 Å². The molecule has 0 atom stereocenters. The summed E-state index contributed by atoms with van der Waals surface area (Å²) in [6.07, 6.45) is 1.34. The zero-order valence-electron chi connectivity index (χ0n) is 9.36. The standard InChI is InChI=1S/C12H10ClNO3/c1-6(2)17-11-8(9(15)10(11)16)7-4-3-5-14-12(7)13/h3-6H,1-2H3. The fraction of sp³-hybridized carbons (Fsp3) is 0.250. The molecule has 0 amide bonds. The summed E-state index contributed by atoms with van der Waals surface area (Å²) in [6.45, 7) is 3.57. The van der Waals surface area contributed by atoms with Gasteiger partial charge in [-0.05, 0) is 26.0 Å². The minimum absolute atomic E-state index is 0.0832. The first kappa shape index (κ1) is 11.8. The van der Waals surface area contributed by atoms with Crippen LogP contribution in [-0.2, 0) is 0 Å². The Bertz CT molecular complexity index is 627. The molecule has 88 valence electrons. The van der Waals surface area contributed by atoms with E-state index in [0.717, 1.165) is 0 Å². The number of aromatic nitrogens is 1. The van der Waals surface area contributed by atoms with E-state index in [0.29, 0.717) is 5.56 Å². The summed E-state index contributed by atoms with van der Waals surface area (Å²) in [7, 11) is 0. The lowest BCUT2D eigenvalue weighted by Gasteiger charge is -2.15. The van der Waals surface area contributed by atoms with Gasteiger partial charge in [0, 0.05) is 11.8 Å². The Morgan fingerprint density at radius 1 is 1.29 bits per heavy atom. The van der Waals surface area contributed by atoms with Crippen LogP contribution in [0.3, 0.4) is 0 Å². The van der Waals surface area contributed by atoms with Crippen LogP contribution in [0.2, 0.25) is 5.15 Å². The van der Waals surface area contributed by atoms with Crippen molar-refractivity contribution in [3.63, 3.8) is 0 Å². The first-order valence-electron chi connectivity index (χ1n) is 5.13. The van der Waals surface area contributed by atoms with Gasteiger partial charge in [0.15, 0.2) is 5.75 Å². The molecule has 1 heterocycles. The van der Waals surface area contributed by atoms with E-state index in [-0.39, 0.29) is 22.6 Å². The predicted octanol–water partition coefficient (Wildman–Crippen LogP) is 1.79. The Kier molecular flexibility index (Phi) is 2.98. The van der Waals surface area contributed by atoms with Crippen molar-refractivity contribution in [1.82, 2.24) is 4.98 Å². The number of hydrogen-bond donors (Lipinski definition) is 0. The third kappa shape index (κ3) is 1.96. The molecule has 0 aliphatic carbocycles. The highest BCUT2D eigenvalue weighted by molar-refractivity contribution is 6.32. The van der Waals surface area contributed by atoms with Crippen LogP contribution in [0.5, 0.6) is 5.75 Å². The monoisotopic (exact) mass is 251 g/mol. The highest BCUT2D eigenvalue weighted by Gasteiger charge is 2.26. The Balaban J connectivity index is 2.54. The van der Waals surface area contributed by atoms with Crippen molar-refractivity contribution in [2.45, 2.75) is 20.0 Å². The van der Waals surface area contributed by atoms with Gasteiger partial charge in [-0.2, -0.15) is 0 Å². The number of rotatable bonds is 3. The first-order valence-corrected chi connectivity index (χ1v) is 5.51. The summed E-state index contributed by atoms with van der Waals surface area (Å²) in [5.74, 6) is 0.0832. The number of pyridine rings is 1. The molecule has 0 radical (unpaired) electrons. The highest BCUT2D eigenvalue weighted by atomic mass is 35.5. The third-order valence-corrected chi connectivity index (χ3v) is 2.55. The molecular weight excluding hydrogens is 242 g/mol. The van der Waals surface area contributed by atoms with Crippen LogP contribution < -0.4 is 15.6 Å². The van der Waals surface area contributed by atoms with Crippen molar-refractivity contribution in [3.8, 4) is 16.9 Å². The molecule has 0 saturated heterocycles. The van der Waals surface area contributed by atoms with Gasteiger partial charge in [-0.15, -0.1) is 0 Å². The molecule has 5 heteroatoms. The lowest BCUT2D eigenvalue weighted by molar-refractivity contribution is 0.238. The zero-order chi connectivity index (χ0) is 12.6. The van der Waals surface area contributed by atoms with E-state index in [1.807, 2.05) is 0 Å². The van der Waals surface area contributed by atoms with Gasteiger partial charge in [0.25, 0.3) is 5.43 Å². The third-order valence-electron chi connectivity index (χ3n) is 2.25. The van der Waals surface area contributed by atoms with E-state index in [2.05, 4.69) is 4.98 Å². The van der Waals surface area contributed by atoms with Crippen molar-refractivity contribution in [2.24, 2.45) is 0 Å². The van der Waals surface area contributed by atoms with E-state index in [1.54, 1.807) is 26.0 Å². The van der Waals surface area contributed by atoms with Gasteiger partial charge >= 0.3 is 0 Å². The molecule has 0 bridgehead atoms. The van der Waals surface area contributed by atoms with E-state index in [4.69, 9.17) is 16.3 Å². The van der Waals surface area contributed by atoms with Crippen LogP contribution in [0, 0.1) is 0 Å². The minimum atomic E-state index is -0.603. The summed E-state index contributed by atoms with van der Waals surface area (Å²) >= 11 is 5.88. The highest BCUT2D eigenvalue weighted by Crippen LogP contribution is 2.30. The summed E-state index contributed by atoms with van der Waals surface area (Å²) in [4.78, 5) is 26.8. The second-order valence-electron chi connectivity index (χ2n) is 3.87.